The molecule has 0 atom stereocenters. The maximum absolute atomic E-state index is 5.12. The van der Waals surface area contributed by atoms with Gasteiger partial charge in [0.05, 0.1) is 101 Å². The smallest absolute Gasteiger partial charge is 0.145 e. The summed E-state index contributed by atoms with van der Waals surface area (Å²) in [6.07, 6.45) is 7.51. The number of para-hydroxylation sites is 3. The van der Waals surface area contributed by atoms with Gasteiger partial charge in [-0.3, -0.25) is 14.5 Å². The molecule has 0 saturated heterocycles. The SMILES string of the molecule is Cc1cc(-c2cccc(-n3c4ccccc4c4cccnc43)c2)nc(-c2cccc(-c3ccc4ccccc4c3)n2)c1.c1cc(-c2cccc(-c3cccc(-c4ccc5ccccc5c4)n3)n2)cc(-n2c3ccccc3c3cnccc32)c1.c1cc(-c2cccc(-c3cccc(-c4ccc5ccccc5c4)n3)n2)cc(-n2c3ccccc3c3ncccc32)c1. The van der Waals surface area contributed by atoms with Crippen LogP contribution in [-0.4, -0.2) is 58.6 Å². The van der Waals surface area contributed by atoms with E-state index in [9.17, 15) is 0 Å². The maximum atomic E-state index is 5.12. The van der Waals surface area contributed by atoms with Gasteiger partial charge >= 0.3 is 0 Å². The second-order valence-corrected chi connectivity index (χ2v) is 31.0. The second-order valence-electron chi connectivity index (χ2n) is 31.0. The van der Waals surface area contributed by atoms with Gasteiger partial charge in [-0.1, -0.05) is 231 Å². The Bertz CT molecular complexity index is 7780. The van der Waals surface area contributed by atoms with Crippen molar-refractivity contribution in [1.82, 2.24) is 58.6 Å². The number of benzene rings is 12. The van der Waals surface area contributed by atoms with Crippen LogP contribution in [0.5, 0.6) is 0 Å². The number of pyridine rings is 9. The van der Waals surface area contributed by atoms with Gasteiger partial charge in [-0.15, -0.1) is 0 Å². The van der Waals surface area contributed by atoms with E-state index in [2.05, 4.69) is 395 Å². The van der Waals surface area contributed by atoms with E-state index in [0.717, 1.165) is 179 Å². The third kappa shape index (κ3) is 14.0. The van der Waals surface area contributed by atoms with Gasteiger partial charge in [-0.25, -0.2) is 34.9 Å². The van der Waals surface area contributed by atoms with Crippen molar-refractivity contribution in [3.8, 4) is 119 Å². The molecule has 582 valence electrons. The molecule has 24 rings (SSSR count). The highest BCUT2D eigenvalue weighted by molar-refractivity contribution is 6.10. The highest BCUT2D eigenvalue weighted by Crippen LogP contribution is 2.39. The summed E-state index contributed by atoms with van der Waals surface area (Å²) in [5.74, 6) is 0. The Kier molecular flexibility index (Phi) is 18.9. The van der Waals surface area contributed by atoms with Crippen LogP contribution in [0, 0.1) is 6.92 Å². The molecule has 0 radical (unpaired) electrons. The topological polar surface area (TPSA) is 131 Å². The molecule has 0 saturated carbocycles. The largest absolute Gasteiger partial charge is 0.309 e. The molecule has 12 aromatic heterocycles. The van der Waals surface area contributed by atoms with Crippen LogP contribution in [0.3, 0.4) is 0 Å². The molecular formula is C112H74N12. The van der Waals surface area contributed by atoms with Gasteiger partial charge < -0.3 is 9.13 Å². The van der Waals surface area contributed by atoms with Crippen molar-refractivity contribution in [1.29, 1.82) is 0 Å². The molecule has 12 aromatic carbocycles. The van der Waals surface area contributed by atoms with Crippen molar-refractivity contribution in [3.05, 3.63) is 437 Å². The zero-order valence-electron chi connectivity index (χ0n) is 67.4. The molecule has 12 heterocycles. The van der Waals surface area contributed by atoms with Crippen molar-refractivity contribution >= 4 is 98.0 Å². The fourth-order valence-corrected chi connectivity index (χ4v) is 17.3. The lowest BCUT2D eigenvalue weighted by atomic mass is 10.0. The maximum Gasteiger partial charge on any atom is 0.145 e. The minimum atomic E-state index is 0.844. The molecule has 12 heteroatoms. The number of aromatic nitrogens is 12. The zero-order valence-corrected chi connectivity index (χ0v) is 67.4. The van der Waals surface area contributed by atoms with E-state index < -0.39 is 0 Å². The Morgan fingerprint density at radius 2 is 0.524 bits per heavy atom. The molecule has 0 aliphatic rings. The summed E-state index contributed by atoms with van der Waals surface area (Å²) in [7, 11) is 0. The number of nitrogens with zero attached hydrogens (tertiary/aromatic N) is 12. The number of hydrogen-bond donors (Lipinski definition) is 0. The van der Waals surface area contributed by atoms with E-state index in [4.69, 9.17) is 34.9 Å². The summed E-state index contributed by atoms with van der Waals surface area (Å²) in [6.45, 7) is 2.11. The van der Waals surface area contributed by atoms with Crippen LogP contribution in [0.4, 0.5) is 0 Å². The fraction of sp³-hybridized carbons (Fsp3) is 0.00893. The van der Waals surface area contributed by atoms with Crippen molar-refractivity contribution in [2.24, 2.45) is 0 Å². The third-order valence-electron chi connectivity index (χ3n) is 23.2. The summed E-state index contributed by atoms with van der Waals surface area (Å²) >= 11 is 0. The molecule has 0 unspecified atom stereocenters. The molecule has 24 aromatic rings. The van der Waals surface area contributed by atoms with Gasteiger partial charge in [0.25, 0.3) is 0 Å². The van der Waals surface area contributed by atoms with Crippen molar-refractivity contribution in [2.75, 3.05) is 0 Å². The van der Waals surface area contributed by atoms with Crippen LogP contribution in [0.25, 0.3) is 217 Å². The van der Waals surface area contributed by atoms with Gasteiger partial charge in [0, 0.05) is 102 Å². The molecule has 12 nitrogen and oxygen atoms in total. The van der Waals surface area contributed by atoms with Crippen molar-refractivity contribution < 1.29 is 0 Å². The standard InChI is InChI=1S/C38H26N4.2C37H24N4/c1-25-21-35(28-11-6-12-30(24-28)42-37-17-5-4-13-31(37)32-14-8-20-39-38(32)42)41-36(22-25)34-16-7-15-33(40-34)29-19-18-26-9-2-3-10-27(26)23-29;1-2-10-26-23-28(21-20-25(26)9-1)32-15-7-17-34(40-32)33-16-6-14-31(39-33)27-11-5-12-29(24-27)41-35-18-4-3-13-30(35)37-36(41)19-8-22-38-37;1-2-9-26-22-28(19-18-25(26)8-1)33-14-7-16-35(40-33)34-15-6-13-32(39-34)27-10-5-11-29(23-27)41-36-17-4-3-12-30(36)31-24-38-21-20-37(31)41/h2-24H,1H3;2*1-24H. The van der Waals surface area contributed by atoms with E-state index in [1.165, 1.54) is 43.1 Å². The van der Waals surface area contributed by atoms with Crippen LogP contribution >= 0.6 is 0 Å². The minimum Gasteiger partial charge on any atom is -0.309 e. The van der Waals surface area contributed by atoms with Crippen molar-refractivity contribution in [3.63, 3.8) is 0 Å². The van der Waals surface area contributed by atoms with E-state index in [1.807, 2.05) is 67.3 Å². The minimum absolute atomic E-state index is 0.844. The summed E-state index contributed by atoms with van der Waals surface area (Å²) in [5, 5.41) is 13.1. The quantitative estimate of drug-likeness (QED) is 0.117. The number of fused-ring (bicyclic) bond motifs is 12. The van der Waals surface area contributed by atoms with Crippen molar-refractivity contribution in [2.45, 2.75) is 6.92 Å². The first kappa shape index (κ1) is 73.5. The molecule has 0 bridgehead atoms. The van der Waals surface area contributed by atoms with Crippen LogP contribution < -0.4 is 0 Å². The van der Waals surface area contributed by atoms with E-state index in [0.29, 0.717) is 0 Å². The lowest BCUT2D eigenvalue weighted by Crippen LogP contribution is -1.97. The van der Waals surface area contributed by atoms with E-state index in [1.54, 1.807) is 0 Å². The van der Waals surface area contributed by atoms with Crippen LogP contribution in [-0.2, 0) is 0 Å². The average Bonchev–Trinajstić information content (AvgIpc) is 1.60. The molecule has 0 fully saturated rings. The van der Waals surface area contributed by atoms with Gasteiger partial charge in [-0.2, -0.15) is 0 Å². The van der Waals surface area contributed by atoms with Crippen LogP contribution in [0.1, 0.15) is 5.56 Å². The average molecular weight is 1590 g/mol. The third-order valence-corrected chi connectivity index (χ3v) is 23.2. The fourth-order valence-electron chi connectivity index (χ4n) is 17.3. The first-order chi connectivity index (χ1) is 61.3. The van der Waals surface area contributed by atoms with Crippen LogP contribution in [0.15, 0.2) is 431 Å². The van der Waals surface area contributed by atoms with Crippen LogP contribution in [0.2, 0.25) is 0 Å². The second kappa shape index (κ2) is 31.8. The highest BCUT2D eigenvalue weighted by atomic mass is 15.0. The molecule has 0 aliphatic heterocycles. The first-order valence-electron chi connectivity index (χ1n) is 41.5. The molecule has 0 N–H and O–H groups in total. The molecular weight excluding hydrogens is 1510 g/mol. The Hall–Kier alpha value is -16.8. The Labute approximate surface area is 714 Å². The Balaban J connectivity index is 0.000000111. The van der Waals surface area contributed by atoms with Gasteiger partial charge in [0.1, 0.15) is 5.65 Å². The monoisotopic (exact) mass is 1590 g/mol. The lowest BCUT2D eigenvalue weighted by molar-refractivity contribution is 1.13. The summed E-state index contributed by atoms with van der Waals surface area (Å²) < 4.78 is 6.81. The first-order valence-corrected chi connectivity index (χ1v) is 41.5. The van der Waals surface area contributed by atoms with E-state index in [-0.39, 0.29) is 0 Å². The van der Waals surface area contributed by atoms with Gasteiger partial charge in [0.15, 0.2) is 0 Å². The normalized spacial score (nSPS) is 11.4. The predicted molar refractivity (Wildman–Crippen MR) is 509 cm³/mol. The Morgan fingerprint density at radius 3 is 1.02 bits per heavy atom. The summed E-state index contributed by atoms with van der Waals surface area (Å²) in [5.41, 5.74) is 29.0. The number of rotatable bonds is 12. The summed E-state index contributed by atoms with van der Waals surface area (Å²) in [6, 6.07) is 141. The molecule has 0 spiro atoms. The molecule has 0 aliphatic carbocycles. The highest BCUT2D eigenvalue weighted by Gasteiger charge is 2.20. The number of aryl methyl sites for hydroxylation is 1. The Morgan fingerprint density at radius 1 is 0.194 bits per heavy atom. The van der Waals surface area contributed by atoms with Gasteiger partial charge in [0.2, 0.25) is 0 Å². The lowest BCUT2D eigenvalue weighted by Gasteiger charge is -2.11. The molecule has 0 amide bonds. The zero-order chi connectivity index (χ0) is 82.4. The van der Waals surface area contributed by atoms with E-state index >= 15 is 0 Å². The summed E-state index contributed by atoms with van der Waals surface area (Å²) in [4.78, 5) is 44.1. The molecule has 124 heavy (non-hydrogen) atoms. The number of hydrogen-bond acceptors (Lipinski definition) is 9. The predicted octanol–water partition coefficient (Wildman–Crippen LogP) is 27.7. The van der Waals surface area contributed by atoms with Gasteiger partial charge in [-0.05, 0) is 221 Å².